The topological polar surface area (TPSA) is 9.23 Å². The molecule has 0 aliphatic carbocycles. The summed E-state index contributed by atoms with van der Waals surface area (Å²) in [6.45, 7) is 8.87. The molecule has 0 aromatic rings. The van der Waals surface area contributed by atoms with Gasteiger partial charge >= 0.3 is 0 Å². The fourth-order valence-electron chi connectivity index (χ4n) is 1.14. The molecule has 1 atom stereocenters. The molecule has 0 amide bonds. The van der Waals surface area contributed by atoms with Crippen molar-refractivity contribution >= 4 is 0 Å². The molecule has 0 aromatic heterocycles. The van der Waals surface area contributed by atoms with Crippen LogP contribution in [-0.4, -0.2) is 6.61 Å². The van der Waals surface area contributed by atoms with Gasteiger partial charge in [0.25, 0.3) is 0 Å². The van der Waals surface area contributed by atoms with Crippen LogP contribution in [0.15, 0.2) is 24.0 Å². The Bertz CT molecular complexity index is 168. The average molecular weight is 138 g/mol. The van der Waals surface area contributed by atoms with E-state index in [4.69, 9.17) is 4.74 Å². The summed E-state index contributed by atoms with van der Waals surface area (Å²) in [4.78, 5) is 0. The van der Waals surface area contributed by atoms with Gasteiger partial charge in [0.15, 0.2) is 0 Å². The number of ether oxygens (including phenoxy) is 1. The summed E-state index contributed by atoms with van der Waals surface area (Å²) in [5.41, 5.74) is 1.33. The second kappa shape index (κ2) is 2.91. The van der Waals surface area contributed by atoms with Crippen LogP contribution >= 0.6 is 0 Å². The molecule has 56 valence electrons. The van der Waals surface area contributed by atoms with Crippen LogP contribution in [0.4, 0.5) is 0 Å². The molecule has 1 aliphatic rings. The maximum absolute atomic E-state index is 5.37. The Balaban J connectivity index is 2.81. The highest BCUT2D eigenvalue weighted by molar-refractivity contribution is 5.20. The van der Waals surface area contributed by atoms with Gasteiger partial charge in [0.05, 0.1) is 6.61 Å². The maximum atomic E-state index is 5.37. The Morgan fingerprint density at radius 2 is 2.40 bits per heavy atom. The van der Waals surface area contributed by atoms with E-state index in [2.05, 4.69) is 20.4 Å². The van der Waals surface area contributed by atoms with E-state index >= 15 is 0 Å². The summed E-state index contributed by atoms with van der Waals surface area (Å²) in [5, 5.41) is 0. The van der Waals surface area contributed by atoms with Gasteiger partial charge in [-0.3, -0.25) is 0 Å². The minimum absolute atomic E-state index is 0.668. The summed E-state index contributed by atoms with van der Waals surface area (Å²) in [5.74, 6) is 1.65. The molecule has 0 saturated heterocycles. The van der Waals surface area contributed by atoms with Gasteiger partial charge in [-0.1, -0.05) is 13.5 Å². The normalized spacial score (nSPS) is 26.0. The molecule has 0 radical (unpaired) electrons. The zero-order valence-electron chi connectivity index (χ0n) is 6.68. The van der Waals surface area contributed by atoms with E-state index in [9.17, 15) is 0 Å². The average Bonchev–Trinajstić information content (AvgIpc) is 1.95. The lowest BCUT2D eigenvalue weighted by molar-refractivity contribution is 0.181. The van der Waals surface area contributed by atoms with Crippen molar-refractivity contribution in [3.8, 4) is 0 Å². The van der Waals surface area contributed by atoms with Gasteiger partial charge < -0.3 is 4.74 Å². The molecule has 0 saturated carbocycles. The molecular weight excluding hydrogens is 124 g/mol. The quantitative estimate of drug-likeness (QED) is 0.541. The predicted octanol–water partition coefficient (Wildman–Crippen LogP) is 2.50. The molecule has 1 rings (SSSR count). The highest BCUT2D eigenvalue weighted by Crippen LogP contribution is 2.24. The Morgan fingerprint density at radius 1 is 1.70 bits per heavy atom. The molecule has 1 aliphatic heterocycles. The molecule has 0 fully saturated rings. The van der Waals surface area contributed by atoms with Crippen molar-refractivity contribution in [2.45, 2.75) is 20.3 Å². The van der Waals surface area contributed by atoms with E-state index < -0.39 is 0 Å². The van der Waals surface area contributed by atoms with Crippen molar-refractivity contribution < 1.29 is 4.74 Å². The Morgan fingerprint density at radius 3 is 2.90 bits per heavy atom. The van der Waals surface area contributed by atoms with Gasteiger partial charge in [0.2, 0.25) is 0 Å². The van der Waals surface area contributed by atoms with E-state index in [1.807, 2.05) is 0 Å². The van der Waals surface area contributed by atoms with Crippen molar-refractivity contribution in [1.82, 2.24) is 0 Å². The fourth-order valence-corrected chi connectivity index (χ4v) is 1.14. The largest absolute Gasteiger partial charge is 0.494 e. The highest BCUT2D eigenvalue weighted by Gasteiger charge is 2.14. The zero-order valence-corrected chi connectivity index (χ0v) is 6.68. The lowest BCUT2D eigenvalue weighted by atomic mass is 9.96. The molecule has 1 heteroatoms. The fraction of sp³-hybridized carbons (Fsp3) is 0.556. The summed E-state index contributed by atoms with van der Waals surface area (Å²) in [6.07, 6.45) is 2.94. The summed E-state index contributed by atoms with van der Waals surface area (Å²) in [7, 11) is 0. The minimum Gasteiger partial charge on any atom is -0.494 e. The summed E-state index contributed by atoms with van der Waals surface area (Å²) >= 11 is 0. The van der Waals surface area contributed by atoms with E-state index in [-0.39, 0.29) is 0 Å². The van der Waals surface area contributed by atoms with Gasteiger partial charge in [0.1, 0.15) is 5.76 Å². The third kappa shape index (κ3) is 1.23. The van der Waals surface area contributed by atoms with E-state index in [0.717, 1.165) is 18.8 Å². The molecule has 10 heavy (non-hydrogen) atoms. The van der Waals surface area contributed by atoms with Crippen LogP contribution in [0.1, 0.15) is 20.3 Å². The van der Waals surface area contributed by atoms with Crippen molar-refractivity contribution in [2.24, 2.45) is 5.92 Å². The third-order valence-corrected chi connectivity index (χ3v) is 2.12. The van der Waals surface area contributed by atoms with Gasteiger partial charge in [-0.2, -0.15) is 0 Å². The lowest BCUT2D eigenvalue weighted by Crippen LogP contribution is -2.11. The zero-order chi connectivity index (χ0) is 7.56. The Kier molecular flexibility index (Phi) is 2.15. The second-order valence-electron chi connectivity index (χ2n) is 2.79. The number of rotatable bonds is 1. The number of hydrogen-bond donors (Lipinski definition) is 0. The van der Waals surface area contributed by atoms with E-state index in [1.165, 1.54) is 5.57 Å². The summed E-state index contributed by atoms with van der Waals surface area (Å²) in [6, 6.07) is 0. The molecule has 0 spiro atoms. The van der Waals surface area contributed by atoms with Gasteiger partial charge in [-0.15, -0.1) is 0 Å². The molecule has 1 heterocycles. The summed E-state index contributed by atoms with van der Waals surface area (Å²) < 4.78 is 5.37. The standard InChI is InChI=1S/C9H14O/c1-4-9-8(3)7(2)5-6-10-9/h4,7H,1,5-6H2,2-3H3/t7-/m0/s1. The molecule has 0 N–H and O–H groups in total. The van der Waals surface area contributed by atoms with Crippen LogP contribution in [-0.2, 0) is 4.74 Å². The Labute approximate surface area is 62.4 Å². The number of hydrogen-bond acceptors (Lipinski definition) is 1. The molecular formula is C9H14O. The first kappa shape index (κ1) is 7.39. The third-order valence-electron chi connectivity index (χ3n) is 2.12. The van der Waals surface area contributed by atoms with E-state index in [0.29, 0.717) is 5.92 Å². The molecule has 0 bridgehead atoms. The first-order valence-corrected chi connectivity index (χ1v) is 3.71. The van der Waals surface area contributed by atoms with Crippen molar-refractivity contribution in [2.75, 3.05) is 6.61 Å². The smallest absolute Gasteiger partial charge is 0.117 e. The van der Waals surface area contributed by atoms with Crippen molar-refractivity contribution in [3.63, 3.8) is 0 Å². The van der Waals surface area contributed by atoms with Crippen LogP contribution in [0.3, 0.4) is 0 Å². The minimum atomic E-state index is 0.668. The first-order chi connectivity index (χ1) is 4.75. The SMILES string of the molecule is C=CC1=C(C)[C@@H](C)CCO1. The Hall–Kier alpha value is -0.720. The highest BCUT2D eigenvalue weighted by atomic mass is 16.5. The maximum Gasteiger partial charge on any atom is 0.117 e. The van der Waals surface area contributed by atoms with Gasteiger partial charge in [-0.05, 0) is 30.9 Å². The van der Waals surface area contributed by atoms with Crippen molar-refractivity contribution in [3.05, 3.63) is 24.0 Å². The van der Waals surface area contributed by atoms with Crippen LogP contribution in [0.2, 0.25) is 0 Å². The molecule has 0 unspecified atom stereocenters. The first-order valence-electron chi connectivity index (χ1n) is 3.71. The molecule has 1 nitrogen and oxygen atoms in total. The van der Waals surface area contributed by atoms with Crippen LogP contribution in [0, 0.1) is 5.92 Å². The predicted molar refractivity (Wildman–Crippen MR) is 42.6 cm³/mol. The van der Waals surface area contributed by atoms with Crippen LogP contribution < -0.4 is 0 Å². The molecule has 0 aromatic carbocycles. The number of allylic oxidation sites excluding steroid dienone is 2. The van der Waals surface area contributed by atoms with Gasteiger partial charge in [-0.25, -0.2) is 0 Å². The monoisotopic (exact) mass is 138 g/mol. The van der Waals surface area contributed by atoms with Crippen LogP contribution in [0.25, 0.3) is 0 Å². The second-order valence-corrected chi connectivity index (χ2v) is 2.79. The van der Waals surface area contributed by atoms with Crippen molar-refractivity contribution in [1.29, 1.82) is 0 Å². The van der Waals surface area contributed by atoms with Crippen LogP contribution in [0.5, 0.6) is 0 Å². The van der Waals surface area contributed by atoms with Gasteiger partial charge in [0, 0.05) is 0 Å². The van der Waals surface area contributed by atoms with E-state index in [1.54, 1.807) is 6.08 Å². The lowest BCUT2D eigenvalue weighted by Gasteiger charge is -2.22.